The summed E-state index contributed by atoms with van der Waals surface area (Å²) < 4.78 is 0. The molecule has 1 aliphatic carbocycles. The average molecular weight is 199 g/mol. The van der Waals surface area contributed by atoms with E-state index in [0.29, 0.717) is 5.41 Å². The van der Waals surface area contributed by atoms with Crippen LogP contribution in [0.2, 0.25) is 0 Å². The summed E-state index contributed by atoms with van der Waals surface area (Å²) in [7, 11) is 0. The molecule has 3 N–H and O–H groups in total. The molecule has 82 valence electrons. The Bertz CT molecular complexity index is 197. The van der Waals surface area contributed by atoms with E-state index in [1.165, 1.54) is 25.7 Å². The zero-order valence-corrected chi connectivity index (χ0v) is 8.96. The molecule has 3 heteroatoms. The van der Waals surface area contributed by atoms with Crippen LogP contribution in [-0.4, -0.2) is 17.6 Å². The smallest absolute Gasteiger partial charge is 0.307 e. The Morgan fingerprint density at radius 1 is 1.50 bits per heavy atom. The van der Waals surface area contributed by atoms with E-state index in [-0.39, 0.29) is 12.5 Å². The van der Waals surface area contributed by atoms with E-state index in [4.69, 9.17) is 10.8 Å². The van der Waals surface area contributed by atoms with Gasteiger partial charge in [0.25, 0.3) is 0 Å². The molecule has 0 heterocycles. The maximum atomic E-state index is 10.8. The van der Waals surface area contributed by atoms with Crippen LogP contribution in [-0.2, 0) is 4.79 Å². The summed E-state index contributed by atoms with van der Waals surface area (Å²) in [5.41, 5.74) is 5.81. The lowest BCUT2D eigenvalue weighted by atomic mass is 9.81. The fourth-order valence-electron chi connectivity index (χ4n) is 2.34. The van der Waals surface area contributed by atoms with Gasteiger partial charge in [0.2, 0.25) is 0 Å². The van der Waals surface area contributed by atoms with Crippen molar-refractivity contribution in [1.82, 2.24) is 0 Å². The van der Waals surface area contributed by atoms with Crippen LogP contribution in [0.25, 0.3) is 0 Å². The number of rotatable bonds is 5. The highest BCUT2D eigenvalue weighted by atomic mass is 16.4. The highest BCUT2D eigenvalue weighted by Crippen LogP contribution is 2.41. The highest BCUT2D eigenvalue weighted by molar-refractivity contribution is 5.70. The molecule has 3 nitrogen and oxygen atoms in total. The lowest BCUT2D eigenvalue weighted by molar-refractivity contribution is -0.141. The summed E-state index contributed by atoms with van der Waals surface area (Å²) in [6, 6.07) is 0. The van der Waals surface area contributed by atoms with Crippen LogP contribution in [0.4, 0.5) is 0 Å². The van der Waals surface area contributed by atoms with Crippen molar-refractivity contribution in [2.75, 3.05) is 6.54 Å². The van der Waals surface area contributed by atoms with E-state index >= 15 is 0 Å². The minimum Gasteiger partial charge on any atom is -0.481 e. The monoisotopic (exact) mass is 199 g/mol. The second kappa shape index (κ2) is 4.78. The van der Waals surface area contributed by atoms with Gasteiger partial charge in [0.05, 0.1) is 5.92 Å². The van der Waals surface area contributed by atoms with E-state index < -0.39 is 5.97 Å². The average Bonchev–Trinajstić information content (AvgIpc) is 2.53. The van der Waals surface area contributed by atoms with E-state index in [0.717, 1.165) is 12.8 Å². The van der Waals surface area contributed by atoms with Crippen LogP contribution in [0.1, 0.15) is 45.4 Å². The third-order valence-corrected chi connectivity index (χ3v) is 3.54. The van der Waals surface area contributed by atoms with Crippen molar-refractivity contribution in [3.05, 3.63) is 0 Å². The first-order chi connectivity index (χ1) is 6.57. The molecular formula is C11H21NO2. The molecule has 0 saturated heterocycles. The molecule has 0 aromatic rings. The van der Waals surface area contributed by atoms with E-state index in [1.807, 2.05) is 0 Å². The van der Waals surface area contributed by atoms with Crippen molar-refractivity contribution in [2.45, 2.75) is 45.4 Å². The molecule has 1 atom stereocenters. The predicted octanol–water partition coefficient (Wildman–Crippen LogP) is 2.01. The summed E-state index contributed by atoms with van der Waals surface area (Å²) in [6.45, 7) is 2.54. The van der Waals surface area contributed by atoms with Gasteiger partial charge in [-0.2, -0.15) is 0 Å². The molecule has 0 amide bonds. The Labute approximate surface area is 85.7 Å². The molecule has 0 aliphatic heterocycles. The van der Waals surface area contributed by atoms with Gasteiger partial charge in [-0.15, -0.1) is 0 Å². The van der Waals surface area contributed by atoms with Gasteiger partial charge in [-0.05, 0) is 31.1 Å². The van der Waals surface area contributed by atoms with Crippen molar-refractivity contribution in [1.29, 1.82) is 0 Å². The number of hydrogen-bond donors (Lipinski definition) is 2. The van der Waals surface area contributed by atoms with Crippen LogP contribution < -0.4 is 5.73 Å². The van der Waals surface area contributed by atoms with E-state index in [1.54, 1.807) is 0 Å². The van der Waals surface area contributed by atoms with Crippen LogP contribution in [0.15, 0.2) is 0 Å². The SMILES string of the molecule is CC1(CCC(CN)C(=O)O)CCCC1. The van der Waals surface area contributed by atoms with Gasteiger partial charge in [-0.3, -0.25) is 4.79 Å². The van der Waals surface area contributed by atoms with Gasteiger partial charge >= 0.3 is 5.97 Å². The van der Waals surface area contributed by atoms with Crippen molar-refractivity contribution in [3.8, 4) is 0 Å². The Morgan fingerprint density at radius 3 is 2.50 bits per heavy atom. The number of carboxylic acid groups (broad SMARTS) is 1. The number of aliphatic carboxylic acids is 1. The normalized spacial score (nSPS) is 22.1. The fraction of sp³-hybridized carbons (Fsp3) is 0.909. The molecule has 1 fully saturated rings. The fourth-order valence-corrected chi connectivity index (χ4v) is 2.34. The molecule has 1 saturated carbocycles. The van der Waals surface area contributed by atoms with E-state index in [2.05, 4.69) is 6.92 Å². The zero-order chi connectivity index (χ0) is 10.6. The van der Waals surface area contributed by atoms with Crippen LogP contribution in [0, 0.1) is 11.3 Å². The Balaban J connectivity index is 2.34. The standard InChI is InChI=1S/C11H21NO2/c1-11(5-2-3-6-11)7-4-9(8-12)10(13)14/h9H,2-8,12H2,1H3,(H,13,14). The first kappa shape index (κ1) is 11.5. The number of nitrogens with two attached hydrogens (primary N) is 1. The molecule has 0 bridgehead atoms. The first-order valence-corrected chi connectivity index (χ1v) is 5.50. The summed E-state index contributed by atoms with van der Waals surface area (Å²) in [5, 5.41) is 8.85. The van der Waals surface area contributed by atoms with Gasteiger partial charge in [0.1, 0.15) is 0 Å². The lowest BCUT2D eigenvalue weighted by Crippen LogP contribution is -2.25. The van der Waals surface area contributed by atoms with Crippen LogP contribution in [0.3, 0.4) is 0 Å². The maximum absolute atomic E-state index is 10.8. The third-order valence-electron chi connectivity index (χ3n) is 3.54. The number of carbonyl (C=O) groups is 1. The second-order valence-corrected chi connectivity index (χ2v) is 4.83. The summed E-state index contributed by atoms with van der Waals surface area (Å²) >= 11 is 0. The predicted molar refractivity (Wildman–Crippen MR) is 56.0 cm³/mol. The molecule has 0 aromatic carbocycles. The third kappa shape index (κ3) is 2.98. The second-order valence-electron chi connectivity index (χ2n) is 4.83. The topological polar surface area (TPSA) is 63.3 Å². The summed E-state index contributed by atoms with van der Waals surface area (Å²) in [4.78, 5) is 10.8. The van der Waals surface area contributed by atoms with Gasteiger partial charge in [0, 0.05) is 6.54 Å². The highest BCUT2D eigenvalue weighted by Gasteiger charge is 2.29. The van der Waals surface area contributed by atoms with Gasteiger partial charge < -0.3 is 10.8 Å². The summed E-state index contributed by atoms with van der Waals surface area (Å²) in [6.07, 6.45) is 6.87. The Morgan fingerprint density at radius 2 is 2.07 bits per heavy atom. The lowest BCUT2D eigenvalue weighted by Gasteiger charge is -2.24. The largest absolute Gasteiger partial charge is 0.481 e. The molecule has 1 rings (SSSR count). The first-order valence-electron chi connectivity index (χ1n) is 5.50. The number of carboxylic acids is 1. The molecule has 0 spiro atoms. The Kier molecular flexibility index (Phi) is 3.93. The van der Waals surface area contributed by atoms with Gasteiger partial charge in [0.15, 0.2) is 0 Å². The molecule has 0 radical (unpaired) electrons. The molecule has 14 heavy (non-hydrogen) atoms. The van der Waals surface area contributed by atoms with Gasteiger partial charge in [-0.1, -0.05) is 19.8 Å². The van der Waals surface area contributed by atoms with Crippen molar-refractivity contribution < 1.29 is 9.90 Å². The quantitative estimate of drug-likeness (QED) is 0.712. The molecular weight excluding hydrogens is 178 g/mol. The van der Waals surface area contributed by atoms with Crippen molar-refractivity contribution in [2.24, 2.45) is 17.1 Å². The Hall–Kier alpha value is -0.570. The van der Waals surface area contributed by atoms with Crippen LogP contribution >= 0.6 is 0 Å². The molecule has 1 unspecified atom stereocenters. The van der Waals surface area contributed by atoms with E-state index in [9.17, 15) is 4.79 Å². The van der Waals surface area contributed by atoms with Crippen molar-refractivity contribution in [3.63, 3.8) is 0 Å². The summed E-state index contributed by atoms with van der Waals surface area (Å²) in [5.74, 6) is -1.08. The minimum atomic E-state index is -0.742. The zero-order valence-electron chi connectivity index (χ0n) is 8.96. The molecule has 0 aromatic heterocycles. The number of hydrogen-bond acceptors (Lipinski definition) is 2. The van der Waals surface area contributed by atoms with Crippen molar-refractivity contribution >= 4 is 5.97 Å². The minimum absolute atomic E-state index is 0.269. The molecule has 1 aliphatic rings. The maximum Gasteiger partial charge on any atom is 0.307 e. The van der Waals surface area contributed by atoms with Gasteiger partial charge in [-0.25, -0.2) is 0 Å². The van der Waals surface area contributed by atoms with Crippen LogP contribution in [0.5, 0.6) is 0 Å².